The van der Waals surface area contributed by atoms with E-state index < -0.39 is 0 Å². The lowest BCUT2D eigenvalue weighted by molar-refractivity contribution is 0.782. The third kappa shape index (κ3) is 2.50. The highest BCUT2D eigenvalue weighted by molar-refractivity contribution is 6.31. The lowest BCUT2D eigenvalue weighted by Gasteiger charge is -2.05. The van der Waals surface area contributed by atoms with E-state index in [1.54, 1.807) is 10.9 Å². The Morgan fingerprint density at radius 1 is 1.19 bits per heavy atom. The van der Waals surface area contributed by atoms with Gasteiger partial charge in [-0.05, 0) is 42.8 Å². The first-order valence-electron chi connectivity index (χ1n) is 6.57. The molecule has 1 aromatic carbocycles. The molecular formula is C16H15ClN4. The van der Waals surface area contributed by atoms with Crippen molar-refractivity contribution in [1.82, 2.24) is 14.8 Å². The summed E-state index contributed by atoms with van der Waals surface area (Å²) in [6.07, 6.45) is 1.74. The minimum absolute atomic E-state index is 0.585. The molecule has 2 aromatic heterocycles. The molecule has 2 heterocycles. The van der Waals surface area contributed by atoms with Crippen LogP contribution in [0.4, 0.5) is 5.82 Å². The second kappa shape index (κ2) is 5.22. The number of halogens is 1. The fourth-order valence-corrected chi connectivity index (χ4v) is 2.66. The number of hydrogen-bond acceptors (Lipinski definition) is 3. The zero-order chi connectivity index (χ0) is 15.0. The molecule has 3 aromatic rings. The number of anilines is 1. The van der Waals surface area contributed by atoms with Crippen molar-refractivity contribution in [2.75, 3.05) is 5.73 Å². The monoisotopic (exact) mass is 298 g/mol. The summed E-state index contributed by atoms with van der Waals surface area (Å²) in [5.41, 5.74) is 10.6. The first-order chi connectivity index (χ1) is 10.1. The third-order valence-corrected chi connectivity index (χ3v) is 3.55. The van der Waals surface area contributed by atoms with Gasteiger partial charge in [-0.1, -0.05) is 17.7 Å². The Kier molecular flexibility index (Phi) is 3.39. The molecule has 0 unspecified atom stereocenters. The van der Waals surface area contributed by atoms with Crippen molar-refractivity contribution in [1.29, 1.82) is 0 Å². The number of nitrogen functional groups attached to an aromatic ring is 1. The average molecular weight is 299 g/mol. The predicted molar refractivity (Wildman–Crippen MR) is 86.0 cm³/mol. The summed E-state index contributed by atoms with van der Waals surface area (Å²) in [6.45, 7) is 2.00. The van der Waals surface area contributed by atoms with Crippen LogP contribution in [0.25, 0.3) is 22.5 Å². The number of nitrogens with two attached hydrogens (primary N) is 1. The molecule has 0 spiro atoms. The molecule has 0 radical (unpaired) electrons. The van der Waals surface area contributed by atoms with Crippen molar-refractivity contribution in [2.24, 2.45) is 7.05 Å². The van der Waals surface area contributed by atoms with Crippen molar-refractivity contribution in [3.8, 4) is 22.5 Å². The van der Waals surface area contributed by atoms with Crippen LogP contribution in [0.1, 0.15) is 5.56 Å². The molecule has 5 heteroatoms. The first-order valence-corrected chi connectivity index (χ1v) is 6.95. The Bertz CT molecular complexity index is 773. The number of benzene rings is 1. The van der Waals surface area contributed by atoms with E-state index in [0.717, 1.165) is 28.1 Å². The van der Waals surface area contributed by atoms with Gasteiger partial charge in [-0.15, -0.1) is 0 Å². The second-order valence-electron chi connectivity index (χ2n) is 4.96. The van der Waals surface area contributed by atoms with Crippen LogP contribution in [-0.2, 0) is 7.05 Å². The molecule has 0 saturated carbocycles. The highest BCUT2D eigenvalue weighted by atomic mass is 35.5. The van der Waals surface area contributed by atoms with Gasteiger partial charge in [0.05, 0.1) is 11.3 Å². The summed E-state index contributed by atoms with van der Waals surface area (Å²) in [6, 6.07) is 11.6. The van der Waals surface area contributed by atoms with Crippen LogP contribution < -0.4 is 5.73 Å². The average Bonchev–Trinajstić information content (AvgIpc) is 2.75. The fraction of sp³-hybridized carbons (Fsp3) is 0.125. The van der Waals surface area contributed by atoms with Gasteiger partial charge >= 0.3 is 0 Å². The summed E-state index contributed by atoms with van der Waals surface area (Å²) in [7, 11) is 1.82. The minimum atomic E-state index is 0.585. The fourth-order valence-electron chi connectivity index (χ4n) is 2.38. The van der Waals surface area contributed by atoms with E-state index in [4.69, 9.17) is 17.3 Å². The number of nitrogens with zero attached hydrogens (tertiary/aromatic N) is 3. The van der Waals surface area contributed by atoms with Crippen LogP contribution in [0.5, 0.6) is 0 Å². The highest BCUT2D eigenvalue weighted by Crippen LogP contribution is 2.35. The van der Waals surface area contributed by atoms with Gasteiger partial charge < -0.3 is 5.73 Å². The number of hydrogen-bond donors (Lipinski definition) is 1. The van der Waals surface area contributed by atoms with E-state index in [0.29, 0.717) is 10.8 Å². The van der Waals surface area contributed by atoms with E-state index in [9.17, 15) is 0 Å². The topological polar surface area (TPSA) is 56.7 Å². The normalized spacial score (nSPS) is 10.8. The maximum Gasteiger partial charge on any atom is 0.131 e. The maximum absolute atomic E-state index is 6.18. The van der Waals surface area contributed by atoms with Crippen molar-refractivity contribution >= 4 is 17.4 Å². The molecule has 0 atom stereocenters. The molecule has 0 aliphatic rings. The smallest absolute Gasteiger partial charge is 0.131 e. The molecule has 0 fully saturated rings. The maximum atomic E-state index is 6.18. The van der Waals surface area contributed by atoms with Gasteiger partial charge in [0.1, 0.15) is 11.5 Å². The van der Waals surface area contributed by atoms with Crippen LogP contribution in [0.3, 0.4) is 0 Å². The van der Waals surface area contributed by atoms with Crippen molar-refractivity contribution in [3.63, 3.8) is 0 Å². The number of pyridine rings is 1. The zero-order valence-corrected chi connectivity index (χ0v) is 12.6. The number of aryl methyl sites for hydroxylation is 2. The Labute approximate surface area is 128 Å². The molecular weight excluding hydrogens is 284 g/mol. The Hall–Kier alpha value is -2.33. The van der Waals surface area contributed by atoms with Gasteiger partial charge in [0, 0.05) is 23.8 Å². The van der Waals surface area contributed by atoms with E-state index in [-0.39, 0.29) is 0 Å². The van der Waals surface area contributed by atoms with Crippen LogP contribution >= 0.6 is 11.6 Å². The van der Waals surface area contributed by atoms with Gasteiger partial charge in [-0.2, -0.15) is 5.10 Å². The first kappa shape index (κ1) is 13.6. The van der Waals surface area contributed by atoms with Crippen LogP contribution in [0, 0.1) is 6.92 Å². The Morgan fingerprint density at radius 3 is 2.67 bits per heavy atom. The number of aromatic nitrogens is 3. The van der Waals surface area contributed by atoms with Crippen LogP contribution in [0.2, 0.25) is 5.02 Å². The standard InChI is InChI=1S/C16H15ClN4/c1-10-7-11(9-12(17)8-10)15-14(16(18)21(2)20-15)13-5-3-4-6-19-13/h3-9H,18H2,1-2H3. The lowest BCUT2D eigenvalue weighted by Crippen LogP contribution is -1.98. The SMILES string of the molecule is Cc1cc(Cl)cc(-c2nn(C)c(N)c2-c2ccccn2)c1. The molecule has 106 valence electrons. The lowest BCUT2D eigenvalue weighted by atomic mass is 10.0. The third-order valence-electron chi connectivity index (χ3n) is 3.33. The Balaban J connectivity index is 2.26. The van der Waals surface area contributed by atoms with E-state index in [2.05, 4.69) is 10.1 Å². The highest BCUT2D eigenvalue weighted by Gasteiger charge is 2.18. The summed E-state index contributed by atoms with van der Waals surface area (Å²) in [4.78, 5) is 4.39. The predicted octanol–water partition coefficient (Wildman–Crippen LogP) is 3.69. The molecule has 4 nitrogen and oxygen atoms in total. The quantitative estimate of drug-likeness (QED) is 0.785. The summed E-state index contributed by atoms with van der Waals surface area (Å²) in [5.74, 6) is 0.585. The van der Waals surface area contributed by atoms with Gasteiger partial charge in [0.15, 0.2) is 0 Å². The van der Waals surface area contributed by atoms with Gasteiger partial charge in [-0.3, -0.25) is 9.67 Å². The van der Waals surface area contributed by atoms with Crippen molar-refractivity contribution < 1.29 is 0 Å². The molecule has 2 N–H and O–H groups in total. The molecule has 21 heavy (non-hydrogen) atoms. The number of rotatable bonds is 2. The summed E-state index contributed by atoms with van der Waals surface area (Å²) in [5, 5.41) is 5.21. The largest absolute Gasteiger partial charge is 0.383 e. The molecule has 0 aliphatic carbocycles. The van der Waals surface area contributed by atoms with Crippen LogP contribution in [0.15, 0.2) is 42.6 Å². The van der Waals surface area contributed by atoms with E-state index in [1.165, 1.54) is 0 Å². The van der Waals surface area contributed by atoms with Gasteiger partial charge in [0.25, 0.3) is 0 Å². The van der Waals surface area contributed by atoms with E-state index in [1.807, 2.05) is 50.4 Å². The molecule has 0 bridgehead atoms. The molecule has 3 rings (SSSR count). The zero-order valence-electron chi connectivity index (χ0n) is 11.8. The molecule has 0 amide bonds. The minimum Gasteiger partial charge on any atom is -0.383 e. The van der Waals surface area contributed by atoms with Crippen LogP contribution in [-0.4, -0.2) is 14.8 Å². The van der Waals surface area contributed by atoms with Gasteiger partial charge in [0.2, 0.25) is 0 Å². The molecule has 0 aliphatic heterocycles. The van der Waals surface area contributed by atoms with Crippen molar-refractivity contribution in [3.05, 3.63) is 53.2 Å². The molecule has 0 saturated heterocycles. The van der Waals surface area contributed by atoms with Crippen molar-refractivity contribution in [2.45, 2.75) is 6.92 Å². The van der Waals surface area contributed by atoms with E-state index >= 15 is 0 Å². The summed E-state index contributed by atoms with van der Waals surface area (Å²) < 4.78 is 1.66. The Morgan fingerprint density at radius 2 is 2.00 bits per heavy atom. The second-order valence-corrected chi connectivity index (χ2v) is 5.40. The van der Waals surface area contributed by atoms with Gasteiger partial charge in [-0.25, -0.2) is 0 Å². The summed E-state index contributed by atoms with van der Waals surface area (Å²) >= 11 is 6.16.